The molecule has 0 bridgehead atoms. The number of carbonyl (C=O) groups is 1. The molecule has 1 atom stereocenters. The first-order chi connectivity index (χ1) is 13.2. The van der Waals surface area contributed by atoms with E-state index in [0.717, 1.165) is 37.1 Å². The predicted molar refractivity (Wildman–Crippen MR) is 112 cm³/mol. The van der Waals surface area contributed by atoms with Crippen molar-refractivity contribution >= 4 is 16.9 Å². The quantitative estimate of drug-likeness (QED) is 0.571. The summed E-state index contributed by atoms with van der Waals surface area (Å²) in [7, 11) is 0. The van der Waals surface area contributed by atoms with Crippen molar-refractivity contribution in [3.05, 3.63) is 30.1 Å². The summed E-state index contributed by atoms with van der Waals surface area (Å²) in [6.45, 7) is 5.30. The summed E-state index contributed by atoms with van der Waals surface area (Å²) in [6, 6.07) is 8.28. The first kappa shape index (κ1) is 19.9. The van der Waals surface area contributed by atoms with E-state index >= 15 is 0 Å². The Balaban J connectivity index is 1.71. The fourth-order valence-electron chi connectivity index (χ4n) is 4.29. The second-order valence-corrected chi connectivity index (χ2v) is 8.09. The maximum absolute atomic E-state index is 12.7. The van der Waals surface area contributed by atoms with Crippen molar-refractivity contribution in [2.24, 2.45) is 5.92 Å². The van der Waals surface area contributed by atoms with Crippen LogP contribution in [0.3, 0.4) is 0 Å². The van der Waals surface area contributed by atoms with Crippen LogP contribution in [0, 0.1) is 5.92 Å². The minimum Gasteiger partial charge on any atom is -0.346 e. The molecule has 3 rings (SSSR count). The minimum absolute atomic E-state index is 0.0533. The zero-order valence-corrected chi connectivity index (χ0v) is 17.0. The Morgan fingerprint density at radius 2 is 1.89 bits per heavy atom. The highest BCUT2D eigenvalue weighted by Crippen LogP contribution is 2.26. The standard InChI is InChI=1S/C23H35N3O/c1-3-4-5-6-12-17-26-21-16-11-10-15-20(21)25-22(26)18(2)24-23(27)19-13-8-7-9-14-19/h10-11,15-16,18-19H,3-9,12-14,17H2,1-2H3,(H,24,27). The first-order valence-electron chi connectivity index (χ1n) is 11.0. The third-order valence-electron chi connectivity index (χ3n) is 5.89. The van der Waals surface area contributed by atoms with Gasteiger partial charge in [-0.3, -0.25) is 4.79 Å². The van der Waals surface area contributed by atoms with Gasteiger partial charge in [0, 0.05) is 12.5 Å². The van der Waals surface area contributed by atoms with Crippen LogP contribution in [0.1, 0.15) is 89.9 Å². The summed E-state index contributed by atoms with van der Waals surface area (Å²) in [5, 5.41) is 3.26. The van der Waals surface area contributed by atoms with E-state index in [-0.39, 0.29) is 17.9 Å². The van der Waals surface area contributed by atoms with Crippen molar-refractivity contribution in [3.63, 3.8) is 0 Å². The maximum atomic E-state index is 12.7. The lowest BCUT2D eigenvalue weighted by Gasteiger charge is -2.23. The van der Waals surface area contributed by atoms with Crippen LogP contribution in [0.4, 0.5) is 0 Å². The molecule has 27 heavy (non-hydrogen) atoms. The molecule has 1 fully saturated rings. The van der Waals surface area contributed by atoms with Crippen LogP contribution >= 0.6 is 0 Å². The zero-order chi connectivity index (χ0) is 19.1. The van der Waals surface area contributed by atoms with Gasteiger partial charge in [-0.25, -0.2) is 4.98 Å². The molecule has 1 aromatic heterocycles. The third-order valence-corrected chi connectivity index (χ3v) is 5.89. The van der Waals surface area contributed by atoms with Crippen molar-refractivity contribution in [2.75, 3.05) is 0 Å². The number of rotatable bonds is 9. The lowest BCUT2D eigenvalue weighted by Crippen LogP contribution is -2.35. The molecule has 1 heterocycles. The molecule has 4 nitrogen and oxygen atoms in total. The molecule has 1 aliphatic carbocycles. The molecule has 2 aromatic rings. The number of benzene rings is 1. The van der Waals surface area contributed by atoms with E-state index in [1.807, 2.05) is 6.07 Å². The number of para-hydroxylation sites is 2. The smallest absolute Gasteiger partial charge is 0.223 e. The van der Waals surface area contributed by atoms with Crippen LogP contribution in [0.25, 0.3) is 11.0 Å². The number of hydrogen-bond donors (Lipinski definition) is 1. The Morgan fingerprint density at radius 3 is 2.67 bits per heavy atom. The van der Waals surface area contributed by atoms with Gasteiger partial charge in [0.2, 0.25) is 5.91 Å². The van der Waals surface area contributed by atoms with E-state index in [1.54, 1.807) is 0 Å². The fourth-order valence-corrected chi connectivity index (χ4v) is 4.29. The number of nitrogens with one attached hydrogen (secondary N) is 1. The predicted octanol–water partition coefficient (Wildman–Crippen LogP) is 5.76. The van der Waals surface area contributed by atoms with Gasteiger partial charge in [-0.1, -0.05) is 64.0 Å². The van der Waals surface area contributed by atoms with Gasteiger partial charge in [0.25, 0.3) is 0 Å². The molecule has 0 saturated heterocycles. The number of aryl methyl sites for hydroxylation is 1. The van der Waals surface area contributed by atoms with Crippen LogP contribution in [-0.2, 0) is 11.3 Å². The van der Waals surface area contributed by atoms with Gasteiger partial charge in [0.1, 0.15) is 5.82 Å². The Kier molecular flexibility index (Phi) is 7.31. The van der Waals surface area contributed by atoms with Crippen LogP contribution in [0.5, 0.6) is 0 Å². The van der Waals surface area contributed by atoms with Gasteiger partial charge >= 0.3 is 0 Å². The van der Waals surface area contributed by atoms with E-state index in [0.29, 0.717) is 0 Å². The van der Waals surface area contributed by atoms with Gasteiger partial charge < -0.3 is 9.88 Å². The Labute approximate surface area is 163 Å². The van der Waals surface area contributed by atoms with Crippen molar-refractivity contribution in [1.29, 1.82) is 0 Å². The molecular formula is C23H35N3O. The topological polar surface area (TPSA) is 46.9 Å². The van der Waals surface area contributed by atoms with Gasteiger partial charge in [-0.05, 0) is 38.3 Å². The molecule has 1 unspecified atom stereocenters. The molecule has 1 aliphatic rings. The average Bonchev–Trinajstić information content (AvgIpc) is 3.07. The Hall–Kier alpha value is -1.84. The highest BCUT2D eigenvalue weighted by atomic mass is 16.1. The summed E-state index contributed by atoms with van der Waals surface area (Å²) in [5.41, 5.74) is 2.21. The molecule has 1 amide bonds. The monoisotopic (exact) mass is 369 g/mol. The van der Waals surface area contributed by atoms with E-state index in [4.69, 9.17) is 4.98 Å². The number of unbranched alkanes of at least 4 members (excludes halogenated alkanes) is 4. The van der Waals surface area contributed by atoms with Gasteiger partial charge in [0.15, 0.2) is 0 Å². The van der Waals surface area contributed by atoms with Gasteiger partial charge in [-0.2, -0.15) is 0 Å². The first-order valence-corrected chi connectivity index (χ1v) is 11.0. The van der Waals surface area contributed by atoms with Crippen LogP contribution in [0.15, 0.2) is 24.3 Å². The minimum atomic E-state index is -0.0533. The number of amides is 1. The second kappa shape index (κ2) is 9.91. The molecule has 1 N–H and O–H groups in total. The summed E-state index contributed by atoms with van der Waals surface area (Å²) < 4.78 is 2.33. The number of hydrogen-bond acceptors (Lipinski definition) is 2. The molecule has 1 saturated carbocycles. The molecule has 0 radical (unpaired) electrons. The van der Waals surface area contributed by atoms with Gasteiger partial charge in [0.05, 0.1) is 17.1 Å². The van der Waals surface area contributed by atoms with Gasteiger partial charge in [-0.15, -0.1) is 0 Å². The molecule has 148 valence electrons. The summed E-state index contributed by atoms with van der Waals surface area (Å²) in [6.07, 6.45) is 12.0. The van der Waals surface area contributed by atoms with Crippen LogP contribution in [0.2, 0.25) is 0 Å². The number of imidazole rings is 1. The van der Waals surface area contributed by atoms with Crippen molar-refractivity contribution in [3.8, 4) is 0 Å². The zero-order valence-electron chi connectivity index (χ0n) is 17.0. The second-order valence-electron chi connectivity index (χ2n) is 8.09. The maximum Gasteiger partial charge on any atom is 0.223 e. The number of nitrogens with zero attached hydrogens (tertiary/aromatic N) is 2. The van der Waals surface area contributed by atoms with E-state index in [9.17, 15) is 4.79 Å². The summed E-state index contributed by atoms with van der Waals surface area (Å²) in [4.78, 5) is 17.6. The molecule has 0 spiro atoms. The number of fused-ring (bicyclic) bond motifs is 1. The Bertz CT molecular complexity index is 730. The lowest BCUT2D eigenvalue weighted by atomic mass is 9.88. The van der Waals surface area contributed by atoms with E-state index in [1.165, 1.54) is 50.5 Å². The fraction of sp³-hybridized carbons (Fsp3) is 0.652. The largest absolute Gasteiger partial charge is 0.346 e. The van der Waals surface area contributed by atoms with E-state index < -0.39 is 0 Å². The van der Waals surface area contributed by atoms with Crippen molar-refractivity contribution in [1.82, 2.24) is 14.9 Å². The molecule has 0 aliphatic heterocycles. The highest BCUT2D eigenvalue weighted by molar-refractivity contribution is 5.80. The normalized spacial score (nSPS) is 16.5. The average molecular weight is 370 g/mol. The van der Waals surface area contributed by atoms with Crippen molar-refractivity contribution < 1.29 is 4.79 Å². The number of aromatic nitrogens is 2. The Morgan fingerprint density at radius 1 is 1.15 bits per heavy atom. The van der Waals surface area contributed by atoms with E-state index in [2.05, 4.69) is 41.9 Å². The molecular weight excluding hydrogens is 334 g/mol. The van der Waals surface area contributed by atoms with Crippen LogP contribution < -0.4 is 5.32 Å². The van der Waals surface area contributed by atoms with Crippen molar-refractivity contribution in [2.45, 2.75) is 90.6 Å². The van der Waals surface area contributed by atoms with Crippen LogP contribution in [-0.4, -0.2) is 15.5 Å². The highest BCUT2D eigenvalue weighted by Gasteiger charge is 2.24. The summed E-state index contributed by atoms with van der Waals surface area (Å²) in [5.74, 6) is 1.40. The molecule has 1 aromatic carbocycles. The lowest BCUT2D eigenvalue weighted by molar-refractivity contribution is -0.126. The molecule has 4 heteroatoms. The summed E-state index contributed by atoms with van der Waals surface area (Å²) >= 11 is 0. The number of carbonyl (C=O) groups excluding carboxylic acids is 1. The SMILES string of the molecule is CCCCCCCn1c(C(C)NC(=O)C2CCCCC2)nc2ccccc21. The third kappa shape index (κ3) is 5.12.